The average molecular weight is 346 g/mol. The summed E-state index contributed by atoms with van der Waals surface area (Å²) in [5, 5.41) is 10.2. The molecule has 24 heavy (non-hydrogen) atoms. The van der Waals surface area contributed by atoms with Crippen LogP contribution in [0.25, 0.3) is 11.4 Å². The molecule has 126 valence electrons. The topological polar surface area (TPSA) is 66.3 Å². The van der Waals surface area contributed by atoms with E-state index in [0.29, 0.717) is 23.8 Å². The van der Waals surface area contributed by atoms with Crippen LogP contribution in [0.4, 0.5) is 5.82 Å². The molecule has 1 aliphatic rings. The molecule has 1 unspecified atom stereocenters. The number of rotatable bonds is 3. The van der Waals surface area contributed by atoms with Crippen molar-refractivity contribution in [3.05, 3.63) is 40.5 Å². The lowest BCUT2D eigenvalue weighted by molar-refractivity contribution is -0.139. The Labute approximate surface area is 146 Å². The zero-order chi connectivity index (χ0) is 17.3. The van der Waals surface area contributed by atoms with Gasteiger partial charge in [-0.15, -0.1) is 0 Å². The second-order valence-corrected chi connectivity index (χ2v) is 6.57. The van der Waals surface area contributed by atoms with Crippen LogP contribution < -0.4 is 4.90 Å². The molecule has 1 N–H and O–H groups in total. The molecule has 1 aromatic heterocycles. The summed E-state index contributed by atoms with van der Waals surface area (Å²) in [5.41, 5.74) is 2.66. The van der Waals surface area contributed by atoms with Gasteiger partial charge in [-0.3, -0.25) is 0 Å². The van der Waals surface area contributed by atoms with E-state index in [4.69, 9.17) is 16.6 Å². The molecule has 1 fully saturated rings. The number of aromatic nitrogens is 2. The number of carboxylic acids is 1. The van der Waals surface area contributed by atoms with Crippen LogP contribution in [0, 0.1) is 13.8 Å². The quantitative estimate of drug-likeness (QED) is 0.915. The Hall–Kier alpha value is -2.14. The van der Waals surface area contributed by atoms with E-state index in [9.17, 15) is 9.90 Å². The Kier molecular flexibility index (Phi) is 4.71. The summed E-state index contributed by atoms with van der Waals surface area (Å²) in [6, 6.07) is 6.83. The van der Waals surface area contributed by atoms with Crippen molar-refractivity contribution in [2.45, 2.75) is 39.2 Å². The minimum atomic E-state index is -0.793. The molecule has 6 heteroatoms. The molecule has 0 bridgehead atoms. The molecule has 3 rings (SSSR count). The van der Waals surface area contributed by atoms with Gasteiger partial charge in [-0.1, -0.05) is 11.6 Å². The number of benzene rings is 1. The van der Waals surface area contributed by atoms with Crippen LogP contribution in [0.15, 0.2) is 24.3 Å². The minimum absolute atomic E-state index is 0.523. The molecule has 0 amide bonds. The number of carbonyl (C=O) groups is 1. The van der Waals surface area contributed by atoms with Gasteiger partial charge in [0.1, 0.15) is 11.9 Å². The molecular weight excluding hydrogens is 326 g/mol. The van der Waals surface area contributed by atoms with Crippen LogP contribution in [0.2, 0.25) is 5.02 Å². The van der Waals surface area contributed by atoms with E-state index in [2.05, 4.69) is 4.98 Å². The van der Waals surface area contributed by atoms with E-state index >= 15 is 0 Å². The largest absolute Gasteiger partial charge is 0.480 e. The van der Waals surface area contributed by atoms with E-state index in [-0.39, 0.29) is 0 Å². The lowest BCUT2D eigenvalue weighted by Crippen LogP contribution is -2.45. The molecule has 0 aliphatic carbocycles. The number of anilines is 1. The third-order valence-corrected chi connectivity index (χ3v) is 4.78. The highest BCUT2D eigenvalue weighted by Crippen LogP contribution is 2.30. The summed E-state index contributed by atoms with van der Waals surface area (Å²) in [6.07, 6.45) is 2.55. The number of hydrogen-bond donors (Lipinski definition) is 1. The van der Waals surface area contributed by atoms with Crippen molar-refractivity contribution in [2.24, 2.45) is 0 Å². The molecular formula is C18H20ClN3O2. The number of hydrogen-bond acceptors (Lipinski definition) is 4. The third-order valence-electron chi connectivity index (χ3n) is 4.53. The van der Waals surface area contributed by atoms with E-state index in [1.807, 2.05) is 30.9 Å². The van der Waals surface area contributed by atoms with Crippen LogP contribution in [-0.2, 0) is 4.79 Å². The predicted molar refractivity (Wildman–Crippen MR) is 94.6 cm³/mol. The summed E-state index contributed by atoms with van der Waals surface area (Å²) in [7, 11) is 0. The summed E-state index contributed by atoms with van der Waals surface area (Å²) >= 11 is 5.95. The summed E-state index contributed by atoms with van der Waals surface area (Å²) in [4.78, 5) is 22.8. The van der Waals surface area contributed by atoms with Crippen LogP contribution in [0.1, 0.15) is 30.5 Å². The highest BCUT2D eigenvalue weighted by Gasteiger charge is 2.31. The van der Waals surface area contributed by atoms with Crippen molar-refractivity contribution in [1.29, 1.82) is 0 Å². The van der Waals surface area contributed by atoms with Gasteiger partial charge in [0.05, 0.1) is 0 Å². The van der Waals surface area contributed by atoms with Gasteiger partial charge in [-0.05, 0) is 57.4 Å². The normalized spacial score (nSPS) is 17.8. The molecule has 1 saturated heterocycles. The first-order chi connectivity index (χ1) is 11.5. The molecule has 0 saturated carbocycles. The maximum absolute atomic E-state index is 11.6. The number of aryl methyl sites for hydroxylation is 1. The average Bonchev–Trinajstić information content (AvgIpc) is 2.58. The number of aliphatic carboxylic acids is 1. The first-order valence-corrected chi connectivity index (χ1v) is 8.46. The fraction of sp³-hybridized carbons (Fsp3) is 0.389. The van der Waals surface area contributed by atoms with Crippen molar-refractivity contribution < 1.29 is 9.90 Å². The monoisotopic (exact) mass is 345 g/mol. The van der Waals surface area contributed by atoms with Crippen molar-refractivity contribution in [3.63, 3.8) is 0 Å². The van der Waals surface area contributed by atoms with Gasteiger partial charge in [-0.25, -0.2) is 14.8 Å². The van der Waals surface area contributed by atoms with Crippen molar-refractivity contribution in [2.75, 3.05) is 11.4 Å². The fourth-order valence-electron chi connectivity index (χ4n) is 3.06. The highest BCUT2D eigenvalue weighted by atomic mass is 35.5. The second-order valence-electron chi connectivity index (χ2n) is 6.13. The van der Waals surface area contributed by atoms with Gasteiger partial charge in [0, 0.05) is 28.4 Å². The molecule has 1 atom stereocenters. The van der Waals surface area contributed by atoms with Crippen LogP contribution >= 0.6 is 11.6 Å². The molecule has 2 aromatic rings. The van der Waals surface area contributed by atoms with Gasteiger partial charge >= 0.3 is 5.97 Å². The van der Waals surface area contributed by atoms with Crippen molar-refractivity contribution in [1.82, 2.24) is 9.97 Å². The third kappa shape index (κ3) is 3.22. The molecule has 1 aliphatic heterocycles. The molecule has 2 heterocycles. The van der Waals surface area contributed by atoms with Crippen LogP contribution in [0.3, 0.4) is 0 Å². The summed E-state index contributed by atoms with van der Waals surface area (Å²) < 4.78 is 0. The minimum Gasteiger partial charge on any atom is -0.480 e. The Morgan fingerprint density at radius 1 is 1.21 bits per heavy atom. The summed E-state index contributed by atoms with van der Waals surface area (Å²) in [5.74, 6) is 0.525. The van der Waals surface area contributed by atoms with Crippen LogP contribution in [0.5, 0.6) is 0 Å². The molecule has 0 spiro atoms. The maximum atomic E-state index is 11.6. The molecule has 1 aromatic carbocycles. The van der Waals surface area contributed by atoms with E-state index < -0.39 is 12.0 Å². The zero-order valence-electron chi connectivity index (χ0n) is 13.8. The smallest absolute Gasteiger partial charge is 0.326 e. The van der Waals surface area contributed by atoms with E-state index in [1.165, 1.54) is 0 Å². The Morgan fingerprint density at radius 2 is 1.92 bits per heavy atom. The fourth-order valence-corrected chi connectivity index (χ4v) is 3.19. The number of halogens is 1. The number of nitrogens with zero attached hydrogens (tertiary/aromatic N) is 3. The van der Waals surface area contributed by atoms with Crippen molar-refractivity contribution >= 4 is 23.4 Å². The van der Waals surface area contributed by atoms with Gasteiger partial charge in [0.15, 0.2) is 5.82 Å². The van der Waals surface area contributed by atoms with Gasteiger partial charge in [0.2, 0.25) is 0 Å². The molecule has 0 radical (unpaired) electrons. The number of piperidine rings is 1. The second kappa shape index (κ2) is 6.77. The first-order valence-electron chi connectivity index (χ1n) is 8.08. The molecule has 5 nitrogen and oxygen atoms in total. The van der Waals surface area contributed by atoms with E-state index in [0.717, 1.165) is 35.5 Å². The highest BCUT2D eigenvalue weighted by molar-refractivity contribution is 6.30. The maximum Gasteiger partial charge on any atom is 0.326 e. The van der Waals surface area contributed by atoms with Gasteiger partial charge < -0.3 is 10.0 Å². The zero-order valence-corrected chi connectivity index (χ0v) is 14.5. The summed E-state index contributed by atoms with van der Waals surface area (Å²) in [6.45, 7) is 4.58. The van der Waals surface area contributed by atoms with Gasteiger partial charge in [-0.2, -0.15) is 0 Å². The predicted octanol–water partition coefficient (Wildman–Crippen LogP) is 3.86. The van der Waals surface area contributed by atoms with Crippen molar-refractivity contribution in [3.8, 4) is 11.4 Å². The Bertz CT molecular complexity index is 762. The van der Waals surface area contributed by atoms with E-state index in [1.54, 1.807) is 12.1 Å². The van der Waals surface area contributed by atoms with Crippen LogP contribution in [-0.4, -0.2) is 33.6 Å². The first kappa shape index (κ1) is 16.7. The Balaban J connectivity index is 2.07. The standard InChI is InChI=1S/C18H20ClN3O2/c1-11-12(2)20-16(13-6-8-14(19)9-7-13)21-17(11)22-10-4-3-5-15(22)18(23)24/h6-9,15H,3-5,10H2,1-2H3,(H,23,24). The number of carboxylic acid groups (broad SMARTS) is 1. The van der Waals surface area contributed by atoms with Gasteiger partial charge in [0.25, 0.3) is 0 Å². The lowest BCUT2D eigenvalue weighted by Gasteiger charge is -2.35. The SMILES string of the molecule is Cc1nc(-c2ccc(Cl)cc2)nc(N2CCCCC2C(=O)O)c1C. The Morgan fingerprint density at radius 3 is 2.58 bits per heavy atom. The lowest BCUT2D eigenvalue weighted by atomic mass is 10.0.